The number of aromatic nitrogens is 4. The first-order valence-electron chi connectivity index (χ1n) is 11.5. The zero-order chi connectivity index (χ0) is 22.6. The number of aromatic amines is 1. The van der Waals surface area contributed by atoms with E-state index >= 15 is 0 Å². The monoisotopic (exact) mass is 444 g/mol. The average molecular weight is 445 g/mol. The maximum Gasteiger partial charge on any atom is 0.255 e. The van der Waals surface area contributed by atoms with Gasteiger partial charge in [0.2, 0.25) is 17.7 Å². The van der Waals surface area contributed by atoms with Crippen molar-refractivity contribution < 1.29 is 14.1 Å². The Balaban J connectivity index is 1.45. The van der Waals surface area contributed by atoms with Crippen molar-refractivity contribution in [2.75, 3.05) is 31.2 Å². The number of nitrogens with one attached hydrogen (secondary N) is 2. The van der Waals surface area contributed by atoms with Gasteiger partial charge in [-0.05, 0) is 26.2 Å². The van der Waals surface area contributed by atoms with Gasteiger partial charge in [0, 0.05) is 37.7 Å². The maximum absolute atomic E-state index is 13.0. The van der Waals surface area contributed by atoms with E-state index in [2.05, 4.69) is 25.4 Å². The van der Waals surface area contributed by atoms with E-state index in [-0.39, 0.29) is 17.9 Å². The van der Waals surface area contributed by atoms with Gasteiger partial charge in [0.1, 0.15) is 5.54 Å². The van der Waals surface area contributed by atoms with Gasteiger partial charge in [-0.25, -0.2) is 4.98 Å². The number of ether oxygens (including phenoxy) is 1. The van der Waals surface area contributed by atoms with E-state index < -0.39 is 5.54 Å². The predicted molar refractivity (Wildman–Crippen MR) is 118 cm³/mol. The molecule has 2 aromatic rings. The number of hydrogen-bond acceptors (Lipinski definition) is 8. The summed E-state index contributed by atoms with van der Waals surface area (Å²) < 4.78 is 10.6. The number of H-pyrrole nitrogens is 1. The van der Waals surface area contributed by atoms with Gasteiger partial charge in [-0.3, -0.25) is 14.6 Å². The minimum atomic E-state index is -0.606. The number of aryl methyl sites for hydroxylation is 2. The molecule has 2 N–H and O–H groups in total. The first-order valence-corrected chi connectivity index (χ1v) is 11.5. The lowest BCUT2D eigenvalue weighted by Gasteiger charge is -2.30. The summed E-state index contributed by atoms with van der Waals surface area (Å²) in [5.74, 6) is 1.49. The van der Waals surface area contributed by atoms with Crippen LogP contribution in [0.5, 0.6) is 0 Å². The van der Waals surface area contributed by atoms with E-state index in [1.165, 1.54) is 0 Å². The molecule has 2 fully saturated rings. The van der Waals surface area contributed by atoms with Gasteiger partial charge in [-0.1, -0.05) is 30.8 Å². The molecule has 1 aliphatic carbocycles. The zero-order valence-electron chi connectivity index (χ0n) is 18.9. The van der Waals surface area contributed by atoms with Crippen molar-refractivity contribution in [1.29, 1.82) is 0 Å². The third-order valence-corrected chi connectivity index (χ3v) is 6.41. The van der Waals surface area contributed by atoms with Crippen LogP contribution in [0.25, 0.3) is 0 Å². The number of hydrogen-bond donors (Lipinski definition) is 2. The number of morpholine rings is 1. The molecule has 0 spiro atoms. The fourth-order valence-electron chi connectivity index (χ4n) is 4.61. The molecule has 10 nitrogen and oxygen atoms in total. The number of carbonyl (C=O) groups is 1. The van der Waals surface area contributed by atoms with E-state index in [0.29, 0.717) is 61.6 Å². The Hall–Kier alpha value is -2.75. The minimum Gasteiger partial charge on any atom is -0.378 e. The van der Waals surface area contributed by atoms with Crippen LogP contribution in [0.15, 0.2) is 9.32 Å². The Morgan fingerprint density at radius 3 is 2.47 bits per heavy atom. The molecule has 174 valence electrons. The van der Waals surface area contributed by atoms with Gasteiger partial charge in [-0.2, -0.15) is 4.98 Å². The van der Waals surface area contributed by atoms with Gasteiger partial charge in [-0.15, -0.1) is 0 Å². The van der Waals surface area contributed by atoms with E-state index in [1.54, 1.807) is 6.92 Å². The lowest BCUT2D eigenvalue weighted by atomic mass is 9.88. The first kappa shape index (κ1) is 22.4. The van der Waals surface area contributed by atoms with Crippen molar-refractivity contribution in [3.8, 4) is 0 Å². The number of rotatable bonds is 6. The zero-order valence-corrected chi connectivity index (χ0v) is 18.9. The van der Waals surface area contributed by atoms with Crippen LogP contribution in [-0.4, -0.2) is 52.3 Å². The van der Waals surface area contributed by atoms with Crippen LogP contribution in [0.3, 0.4) is 0 Å². The number of amides is 1. The van der Waals surface area contributed by atoms with Crippen molar-refractivity contribution in [3.63, 3.8) is 0 Å². The van der Waals surface area contributed by atoms with Gasteiger partial charge < -0.3 is 19.5 Å². The Morgan fingerprint density at radius 2 is 1.84 bits per heavy atom. The Labute approximate surface area is 187 Å². The van der Waals surface area contributed by atoms with Crippen LogP contribution in [0.4, 0.5) is 5.95 Å². The molecule has 0 atom stereocenters. The molecule has 0 bridgehead atoms. The van der Waals surface area contributed by atoms with E-state index in [1.807, 2.05) is 11.8 Å². The van der Waals surface area contributed by atoms with Crippen LogP contribution in [0.2, 0.25) is 0 Å². The standard InChI is InChI=1S/C22H32N6O4/c1-15-17(19(30)25-21(23-15)28-11-13-31-14-12-28)7-8-18(29)26-22(9-5-3-4-6-10-22)20-24-16(2)32-27-20/h3-14H2,1-2H3,(H,26,29)(H,23,25,30). The molecule has 32 heavy (non-hydrogen) atoms. The fraction of sp³-hybridized carbons (Fsp3) is 0.682. The number of nitrogens with zero attached hydrogens (tertiary/aromatic N) is 4. The SMILES string of the molecule is Cc1nc(C2(NC(=O)CCc3c(C)nc(N4CCOCC4)[nH]c3=O)CCCCCC2)no1. The van der Waals surface area contributed by atoms with Gasteiger partial charge in [0.15, 0.2) is 5.82 Å². The Bertz CT molecular complexity index is 987. The highest BCUT2D eigenvalue weighted by Crippen LogP contribution is 2.34. The summed E-state index contributed by atoms with van der Waals surface area (Å²) in [7, 11) is 0. The quantitative estimate of drug-likeness (QED) is 0.647. The highest BCUT2D eigenvalue weighted by molar-refractivity contribution is 5.77. The average Bonchev–Trinajstić information content (AvgIpc) is 3.09. The van der Waals surface area contributed by atoms with Crippen LogP contribution in [-0.2, 0) is 21.5 Å². The lowest BCUT2D eigenvalue weighted by molar-refractivity contribution is -0.123. The molecule has 1 aliphatic heterocycles. The lowest BCUT2D eigenvalue weighted by Crippen LogP contribution is -2.46. The molecule has 0 radical (unpaired) electrons. The van der Waals surface area contributed by atoms with Crippen LogP contribution in [0.1, 0.15) is 67.9 Å². The molecule has 1 saturated carbocycles. The second kappa shape index (κ2) is 9.81. The largest absolute Gasteiger partial charge is 0.378 e. The summed E-state index contributed by atoms with van der Waals surface area (Å²) in [5.41, 5.74) is 0.402. The summed E-state index contributed by atoms with van der Waals surface area (Å²) in [4.78, 5) is 39.6. The molecule has 0 unspecified atom stereocenters. The molecule has 0 aromatic carbocycles. The number of anilines is 1. The molecule has 10 heteroatoms. The first-order chi connectivity index (χ1) is 15.5. The molecular weight excluding hydrogens is 412 g/mol. The predicted octanol–water partition coefficient (Wildman–Crippen LogP) is 1.90. The molecule has 2 aliphatic rings. The van der Waals surface area contributed by atoms with Crippen LogP contribution >= 0.6 is 0 Å². The Kier molecular flexibility index (Phi) is 6.88. The maximum atomic E-state index is 13.0. The number of carbonyl (C=O) groups excluding carboxylic acids is 1. The normalized spacial score (nSPS) is 18.9. The van der Waals surface area contributed by atoms with Gasteiger partial charge in [0.25, 0.3) is 5.56 Å². The molecule has 2 aromatic heterocycles. The highest BCUT2D eigenvalue weighted by Gasteiger charge is 2.38. The van der Waals surface area contributed by atoms with Crippen LogP contribution < -0.4 is 15.8 Å². The summed E-state index contributed by atoms with van der Waals surface area (Å²) in [6.07, 6.45) is 6.35. The van der Waals surface area contributed by atoms with E-state index in [0.717, 1.165) is 38.5 Å². The summed E-state index contributed by atoms with van der Waals surface area (Å²) in [6, 6.07) is 0. The molecule has 1 saturated heterocycles. The van der Waals surface area contributed by atoms with Crippen molar-refractivity contribution in [2.45, 2.75) is 70.8 Å². The second-order valence-electron chi connectivity index (χ2n) is 8.73. The smallest absolute Gasteiger partial charge is 0.255 e. The topological polar surface area (TPSA) is 126 Å². The van der Waals surface area contributed by atoms with E-state index in [4.69, 9.17) is 9.26 Å². The highest BCUT2D eigenvalue weighted by atomic mass is 16.5. The van der Waals surface area contributed by atoms with E-state index in [9.17, 15) is 9.59 Å². The second-order valence-corrected chi connectivity index (χ2v) is 8.73. The van der Waals surface area contributed by atoms with Crippen molar-refractivity contribution in [3.05, 3.63) is 33.3 Å². The molecule has 1 amide bonds. The summed E-state index contributed by atoms with van der Waals surface area (Å²) >= 11 is 0. The third-order valence-electron chi connectivity index (χ3n) is 6.41. The van der Waals surface area contributed by atoms with Gasteiger partial charge in [0.05, 0.1) is 13.2 Å². The van der Waals surface area contributed by atoms with Crippen molar-refractivity contribution >= 4 is 11.9 Å². The molecule has 3 heterocycles. The Morgan fingerprint density at radius 1 is 1.12 bits per heavy atom. The minimum absolute atomic E-state index is 0.120. The third kappa shape index (κ3) is 5.01. The fourth-order valence-corrected chi connectivity index (χ4v) is 4.61. The van der Waals surface area contributed by atoms with Crippen molar-refractivity contribution in [1.82, 2.24) is 25.4 Å². The molecule has 4 rings (SSSR count). The van der Waals surface area contributed by atoms with Gasteiger partial charge >= 0.3 is 0 Å². The van der Waals surface area contributed by atoms with Crippen molar-refractivity contribution in [2.24, 2.45) is 0 Å². The molecular formula is C22H32N6O4. The summed E-state index contributed by atoms with van der Waals surface area (Å²) in [5, 5.41) is 7.32. The van der Waals surface area contributed by atoms with Crippen LogP contribution in [0, 0.1) is 13.8 Å². The summed E-state index contributed by atoms with van der Waals surface area (Å²) in [6.45, 7) is 6.20.